The van der Waals surface area contributed by atoms with Crippen LogP contribution < -0.4 is 14.8 Å². The number of nitrogens with one attached hydrogen (secondary N) is 1. The molecule has 10 rings (SSSR count). The Morgan fingerprint density at radius 3 is 2.50 bits per heavy atom. The lowest BCUT2D eigenvalue weighted by Crippen LogP contribution is -2.50. The summed E-state index contributed by atoms with van der Waals surface area (Å²) in [5.74, 6) is -1.36. The van der Waals surface area contributed by atoms with E-state index < -0.39 is 17.8 Å². The molecule has 0 aliphatic carbocycles. The molecule has 6 heterocycles. The lowest BCUT2D eigenvalue weighted by Gasteiger charge is -2.35. The van der Waals surface area contributed by atoms with Crippen LogP contribution in [0.25, 0.3) is 32.8 Å². The summed E-state index contributed by atoms with van der Waals surface area (Å²) >= 11 is 0. The van der Waals surface area contributed by atoms with E-state index in [1.165, 1.54) is 18.2 Å². The van der Waals surface area contributed by atoms with Crippen LogP contribution in [0, 0.1) is 18.6 Å². The normalized spacial score (nSPS) is 17.7. The van der Waals surface area contributed by atoms with Gasteiger partial charge in [0.05, 0.1) is 23.9 Å². The van der Waals surface area contributed by atoms with Crippen molar-refractivity contribution in [3.63, 3.8) is 0 Å². The van der Waals surface area contributed by atoms with Gasteiger partial charge in [0.25, 0.3) is 5.91 Å². The number of benzene rings is 4. The number of piperazine rings is 1. The molecular formula is C50H51F2N7O7. The summed E-state index contributed by atoms with van der Waals surface area (Å²) in [7, 11) is 0. The van der Waals surface area contributed by atoms with E-state index in [0.29, 0.717) is 111 Å². The first kappa shape index (κ1) is 43.3. The molecule has 14 nitrogen and oxygen atoms in total. The second-order valence-electron chi connectivity index (χ2n) is 17.7. The van der Waals surface area contributed by atoms with Crippen molar-refractivity contribution in [1.82, 2.24) is 34.4 Å². The number of piperidine rings is 1. The number of hydrogen-bond donors (Lipinski definition) is 2. The minimum Gasteiger partial charge on any atom is -0.493 e. The summed E-state index contributed by atoms with van der Waals surface area (Å²) < 4.78 is 46.4. The molecule has 342 valence electrons. The number of carboxylic acid groups (broad SMARTS) is 1. The highest BCUT2D eigenvalue weighted by molar-refractivity contribution is 6.05. The summed E-state index contributed by atoms with van der Waals surface area (Å²) in [6, 6.07) is 18.4. The molecule has 16 heteroatoms. The molecule has 0 saturated carbocycles. The van der Waals surface area contributed by atoms with Crippen LogP contribution in [-0.4, -0.2) is 110 Å². The molecule has 2 N–H and O–H groups in total. The molecule has 6 aromatic rings. The number of aromatic carboxylic acids is 1. The van der Waals surface area contributed by atoms with Crippen molar-refractivity contribution in [3.05, 3.63) is 112 Å². The van der Waals surface area contributed by atoms with Gasteiger partial charge >= 0.3 is 5.97 Å². The zero-order valence-corrected chi connectivity index (χ0v) is 36.8. The van der Waals surface area contributed by atoms with E-state index in [1.807, 2.05) is 52.9 Å². The van der Waals surface area contributed by atoms with E-state index in [1.54, 1.807) is 21.6 Å². The SMILES string of the molecule is Cc1nn2c(c1-c1c(F)ccc3c(CCCOc4cccc5cc(F)ccc45)c(C(=O)O)n(CCN4CCN(C(=O)COc5cccc6c5CN(C5CCC(=O)NC5=O)C6)CC4)c13)CCC2. The molecule has 3 amide bonds. The maximum absolute atomic E-state index is 16.4. The van der Waals surface area contributed by atoms with Gasteiger partial charge in [-0.25, -0.2) is 13.6 Å². The molecule has 2 aromatic heterocycles. The van der Waals surface area contributed by atoms with Crippen molar-refractivity contribution >= 4 is 45.4 Å². The topological polar surface area (TPSA) is 151 Å². The van der Waals surface area contributed by atoms with Crippen LogP contribution in [0.4, 0.5) is 8.78 Å². The number of fused-ring (bicyclic) bond motifs is 4. The van der Waals surface area contributed by atoms with Crippen LogP contribution in [0.5, 0.6) is 11.5 Å². The Bertz CT molecular complexity index is 2920. The number of nitrogens with zero attached hydrogens (tertiary/aromatic N) is 6. The standard InChI is InChI=1S/C50H51F2N7O7/c1-30-45(39-9-4-18-59(39)54-30)46-38(52)15-14-36-35(8-5-25-65-41-10-2-6-31-26-33(51)12-13-34(31)41)48(50(63)64)58(47(36)46)24-21-55-19-22-56(23-20-55)44(61)29-66-42-11-3-7-32-27-57(28-37(32)42)40-16-17-43(60)53-49(40)62/h2-3,6-7,10-15,26,40H,4-5,8-9,16-25,27-29H2,1H3,(H,63,64)(H,53,60,62). The van der Waals surface area contributed by atoms with Crippen molar-refractivity contribution in [2.24, 2.45) is 0 Å². The van der Waals surface area contributed by atoms with Crippen molar-refractivity contribution in [2.45, 2.75) is 77.7 Å². The molecule has 4 aromatic carbocycles. The largest absolute Gasteiger partial charge is 0.493 e. The first-order chi connectivity index (χ1) is 32.0. The number of halogens is 2. The van der Waals surface area contributed by atoms with Gasteiger partial charge in [0.2, 0.25) is 11.8 Å². The van der Waals surface area contributed by atoms with Gasteiger partial charge in [0.15, 0.2) is 6.61 Å². The fraction of sp³-hybridized carbons (Fsp3) is 0.380. The van der Waals surface area contributed by atoms with E-state index in [0.717, 1.165) is 52.5 Å². The second-order valence-corrected chi connectivity index (χ2v) is 17.7. The Labute approximate surface area is 379 Å². The van der Waals surface area contributed by atoms with Gasteiger partial charge in [0.1, 0.15) is 28.8 Å². The fourth-order valence-electron chi connectivity index (χ4n) is 10.5. The zero-order chi connectivity index (χ0) is 45.6. The number of ether oxygens (including phenoxy) is 2. The van der Waals surface area contributed by atoms with Gasteiger partial charge in [-0.3, -0.25) is 34.2 Å². The lowest BCUT2D eigenvalue weighted by atomic mass is 9.97. The fourth-order valence-corrected chi connectivity index (χ4v) is 10.5. The van der Waals surface area contributed by atoms with Crippen LogP contribution in [-0.2, 0) is 53.4 Å². The van der Waals surface area contributed by atoms with E-state index in [-0.39, 0.29) is 49.0 Å². The van der Waals surface area contributed by atoms with Crippen LogP contribution in [0.2, 0.25) is 0 Å². The molecule has 4 aliphatic heterocycles. The number of rotatable bonds is 14. The van der Waals surface area contributed by atoms with E-state index in [4.69, 9.17) is 14.6 Å². The van der Waals surface area contributed by atoms with E-state index >= 15 is 4.39 Å². The minimum atomic E-state index is -1.11. The number of carbonyl (C=O) groups is 4. The van der Waals surface area contributed by atoms with Crippen LogP contribution in [0.15, 0.2) is 66.7 Å². The van der Waals surface area contributed by atoms with Gasteiger partial charge < -0.3 is 24.0 Å². The van der Waals surface area contributed by atoms with Gasteiger partial charge in [-0.1, -0.05) is 24.3 Å². The Hall–Kier alpha value is -6.65. The Morgan fingerprint density at radius 2 is 1.68 bits per heavy atom. The predicted octanol–water partition coefficient (Wildman–Crippen LogP) is 6.24. The number of aromatic nitrogens is 3. The lowest BCUT2D eigenvalue weighted by molar-refractivity contribution is -0.138. The second kappa shape index (κ2) is 18.0. The number of amides is 3. The highest BCUT2D eigenvalue weighted by atomic mass is 19.1. The predicted molar refractivity (Wildman–Crippen MR) is 241 cm³/mol. The maximum Gasteiger partial charge on any atom is 0.352 e. The number of carboxylic acids is 1. The van der Waals surface area contributed by atoms with Gasteiger partial charge in [0, 0.05) is 98.5 Å². The molecule has 0 bridgehead atoms. The quantitative estimate of drug-likeness (QED) is 0.0950. The highest BCUT2D eigenvalue weighted by Crippen LogP contribution is 2.41. The Balaban J connectivity index is 0.841. The number of imide groups is 1. The summed E-state index contributed by atoms with van der Waals surface area (Å²) in [4.78, 5) is 57.2. The molecular weight excluding hydrogens is 849 g/mol. The van der Waals surface area contributed by atoms with Gasteiger partial charge in [-0.15, -0.1) is 0 Å². The number of aryl methyl sites for hydroxylation is 3. The third-order valence-electron chi connectivity index (χ3n) is 13.7. The molecule has 66 heavy (non-hydrogen) atoms. The average molecular weight is 900 g/mol. The van der Waals surface area contributed by atoms with E-state index in [9.17, 15) is 28.7 Å². The molecule has 2 saturated heterocycles. The van der Waals surface area contributed by atoms with Crippen molar-refractivity contribution < 1.29 is 42.5 Å². The third kappa shape index (κ3) is 8.16. The van der Waals surface area contributed by atoms with Gasteiger partial charge in [-0.05, 0) is 98.0 Å². The molecule has 2 fully saturated rings. The maximum atomic E-state index is 16.4. The minimum absolute atomic E-state index is 0.109. The summed E-state index contributed by atoms with van der Waals surface area (Å²) in [6.45, 7) is 6.53. The molecule has 0 spiro atoms. The summed E-state index contributed by atoms with van der Waals surface area (Å²) in [5, 5.41) is 20.3. The Morgan fingerprint density at radius 1 is 0.879 bits per heavy atom. The van der Waals surface area contributed by atoms with Crippen LogP contribution >= 0.6 is 0 Å². The van der Waals surface area contributed by atoms with Crippen molar-refractivity contribution in [2.75, 3.05) is 45.9 Å². The zero-order valence-electron chi connectivity index (χ0n) is 36.8. The van der Waals surface area contributed by atoms with Crippen LogP contribution in [0.1, 0.15) is 64.2 Å². The Kier molecular flexibility index (Phi) is 11.8. The summed E-state index contributed by atoms with van der Waals surface area (Å²) in [6.07, 6.45) is 3.23. The third-order valence-corrected chi connectivity index (χ3v) is 13.7. The van der Waals surface area contributed by atoms with E-state index in [2.05, 4.69) is 10.2 Å². The first-order valence-corrected chi connectivity index (χ1v) is 22.8. The molecule has 4 aliphatic rings. The van der Waals surface area contributed by atoms with Gasteiger partial charge in [-0.2, -0.15) is 5.10 Å². The van der Waals surface area contributed by atoms with Crippen molar-refractivity contribution in [3.8, 4) is 22.6 Å². The molecule has 1 atom stereocenters. The average Bonchev–Trinajstić information content (AvgIpc) is 4.08. The monoisotopic (exact) mass is 899 g/mol. The van der Waals surface area contributed by atoms with Crippen molar-refractivity contribution in [1.29, 1.82) is 0 Å². The highest BCUT2D eigenvalue weighted by Gasteiger charge is 2.36. The first-order valence-electron chi connectivity index (χ1n) is 22.8. The molecule has 0 radical (unpaired) electrons. The smallest absolute Gasteiger partial charge is 0.352 e. The summed E-state index contributed by atoms with van der Waals surface area (Å²) in [5.41, 5.74) is 5.93. The molecule has 1 unspecified atom stereocenters. The van der Waals surface area contributed by atoms with Crippen LogP contribution in [0.3, 0.4) is 0 Å². The number of carbonyl (C=O) groups excluding carboxylic acids is 3. The number of hydrogen-bond acceptors (Lipinski definition) is 9.